The molecular formula is C9H8ClFN2O2. The van der Waals surface area contributed by atoms with E-state index in [1.54, 1.807) is 0 Å². The summed E-state index contributed by atoms with van der Waals surface area (Å²) in [6, 6.07) is 1.04. The van der Waals surface area contributed by atoms with E-state index in [4.69, 9.17) is 16.7 Å². The zero-order valence-corrected chi connectivity index (χ0v) is 8.41. The van der Waals surface area contributed by atoms with Gasteiger partial charge >= 0.3 is 0 Å². The van der Waals surface area contributed by atoms with Crippen molar-refractivity contribution in [3.05, 3.63) is 28.8 Å². The fraction of sp³-hybridized carbons (Fsp3) is 0.333. The first-order chi connectivity index (χ1) is 7.08. The SMILES string of the molecule is O=C(c1cc(F)cnc1Cl)N1CC(O)C1. The van der Waals surface area contributed by atoms with Gasteiger partial charge in [0.05, 0.1) is 17.9 Å². The van der Waals surface area contributed by atoms with E-state index in [2.05, 4.69) is 4.98 Å². The van der Waals surface area contributed by atoms with Crippen molar-refractivity contribution in [2.45, 2.75) is 6.10 Å². The molecule has 0 aromatic carbocycles. The maximum atomic E-state index is 12.8. The van der Waals surface area contributed by atoms with Crippen molar-refractivity contribution in [2.75, 3.05) is 13.1 Å². The van der Waals surface area contributed by atoms with Gasteiger partial charge in [0.25, 0.3) is 5.91 Å². The number of aliphatic hydroxyl groups excluding tert-OH is 1. The molecule has 0 spiro atoms. The fourth-order valence-electron chi connectivity index (χ4n) is 1.36. The van der Waals surface area contributed by atoms with Crippen molar-refractivity contribution >= 4 is 17.5 Å². The Kier molecular flexibility index (Phi) is 2.58. The second-order valence-corrected chi connectivity index (χ2v) is 3.71. The molecule has 15 heavy (non-hydrogen) atoms. The first-order valence-electron chi connectivity index (χ1n) is 4.36. The van der Waals surface area contributed by atoms with Crippen molar-refractivity contribution in [3.8, 4) is 0 Å². The molecule has 0 atom stereocenters. The molecule has 1 fully saturated rings. The van der Waals surface area contributed by atoms with Crippen molar-refractivity contribution < 1.29 is 14.3 Å². The van der Waals surface area contributed by atoms with Gasteiger partial charge in [0, 0.05) is 13.1 Å². The van der Waals surface area contributed by atoms with Gasteiger partial charge in [-0.3, -0.25) is 4.79 Å². The highest BCUT2D eigenvalue weighted by atomic mass is 35.5. The molecule has 0 unspecified atom stereocenters. The molecule has 80 valence electrons. The van der Waals surface area contributed by atoms with Crippen LogP contribution in [-0.2, 0) is 0 Å². The van der Waals surface area contributed by atoms with E-state index in [0.717, 1.165) is 12.3 Å². The first-order valence-corrected chi connectivity index (χ1v) is 4.74. The third kappa shape index (κ3) is 1.93. The van der Waals surface area contributed by atoms with E-state index in [-0.39, 0.29) is 23.8 Å². The Morgan fingerprint density at radius 2 is 2.33 bits per heavy atom. The van der Waals surface area contributed by atoms with Gasteiger partial charge in [0.1, 0.15) is 11.0 Å². The van der Waals surface area contributed by atoms with Crippen LogP contribution in [0, 0.1) is 5.82 Å². The minimum absolute atomic E-state index is 0.0252. The quantitative estimate of drug-likeness (QED) is 0.723. The van der Waals surface area contributed by atoms with E-state index in [1.807, 2.05) is 0 Å². The van der Waals surface area contributed by atoms with E-state index in [0.29, 0.717) is 0 Å². The highest BCUT2D eigenvalue weighted by molar-refractivity contribution is 6.32. The molecule has 1 N–H and O–H groups in total. The number of pyridine rings is 1. The van der Waals surface area contributed by atoms with Crippen LogP contribution in [0.1, 0.15) is 10.4 Å². The van der Waals surface area contributed by atoms with E-state index < -0.39 is 17.8 Å². The van der Waals surface area contributed by atoms with Crippen LogP contribution in [-0.4, -0.2) is 40.1 Å². The van der Waals surface area contributed by atoms with Gasteiger partial charge in [0.15, 0.2) is 0 Å². The zero-order valence-electron chi connectivity index (χ0n) is 7.65. The maximum Gasteiger partial charge on any atom is 0.257 e. The Balaban J connectivity index is 2.22. The van der Waals surface area contributed by atoms with Crippen LogP contribution in [0.15, 0.2) is 12.3 Å². The van der Waals surface area contributed by atoms with Crippen molar-refractivity contribution in [1.82, 2.24) is 9.88 Å². The number of β-amino-alcohol motifs (C(OH)–C–C–N with tert-alkyl or cyclic N) is 1. The number of rotatable bonds is 1. The third-order valence-corrected chi connectivity index (χ3v) is 2.49. The number of nitrogens with zero attached hydrogens (tertiary/aromatic N) is 2. The lowest BCUT2D eigenvalue weighted by atomic mass is 10.1. The van der Waals surface area contributed by atoms with Gasteiger partial charge in [-0.1, -0.05) is 11.6 Å². The summed E-state index contributed by atoms with van der Waals surface area (Å²) in [6.07, 6.45) is 0.457. The number of aliphatic hydroxyl groups is 1. The monoisotopic (exact) mass is 230 g/mol. The molecule has 0 aliphatic carbocycles. The van der Waals surface area contributed by atoms with Crippen LogP contribution in [0.25, 0.3) is 0 Å². The summed E-state index contributed by atoms with van der Waals surface area (Å²) in [7, 11) is 0. The molecule has 1 aliphatic rings. The van der Waals surface area contributed by atoms with E-state index >= 15 is 0 Å². The molecule has 0 bridgehead atoms. The summed E-state index contributed by atoms with van der Waals surface area (Å²) in [4.78, 5) is 16.6. The molecule has 1 saturated heterocycles. The van der Waals surface area contributed by atoms with E-state index in [9.17, 15) is 9.18 Å². The van der Waals surface area contributed by atoms with Crippen molar-refractivity contribution in [2.24, 2.45) is 0 Å². The summed E-state index contributed by atoms with van der Waals surface area (Å²) >= 11 is 5.66. The number of hydrogen-bond acceptors (Lipinski definition) is 3. The van der Waals surface area contributed by atoms with E-state index in [1.165, 1.54) is 4.90 Å². The standard InChI is InChI=1S/C9H8ClFN2O2/c10-8-7(1-5(11)2-12-8)9(15)13-3-6(14)4-13/h1-2,6,14H,3-4H2. The lowest BCUT2D eigenvalue weighted by Crippen LogP contribution is -2.53. The van der Waals surface area contributed by atoms with Crippen LogP contribution in [0.5, 0.6) is 0 Å². The predicted octanol–water partition coefficient (Wildman–Crippen LogP) is 0.691. The number of aromatic nitrogens is 1. The lowest BCUT2D eigenvalue weighted by molar-refractivity contribution is 0.00585. The molecular weight excluding hydrogens is 223 g/mol. The van der Waals surface area contributed by atoms with Gasteiger partial charge in [-0.15, -0.1) is 0 Å². The van der Waals surface area contributed by atoms with Crippen molar-refractivity contribution in [1.29, 1.82) is 0 Å². The Hall–Kier alpha value is -1.20. The maximum absolute atomic E-state index is 12.8. The average molecular weight is 231 g/mol. The minimum Gasteiger partial charge on any atom is -0.389 e. The van der Waals surface area contributed by atoms with Gasteiger partial charge in [-0.25, -0.2) is 9.37 Å². The molecule has 0 radical (unpaired) electrons. The molecule has 1 aromatic rings. The number of carbonyl (C=O) groups excluding carboxylic acids is 1. The van der Waals surface area contributed by atoms with Gasteiger partial charge < -0.3 is 10.0 Å². The Bertz CT molecular complexity index is 407. The highest BCUT2D eigenvalue weighted by Crippen LogP contribution is 2.19. The van der Waals surface area contributed by atoms with Crippen LogP contribution in [0.2, 0.25) is 5.15 Å². The smallest absolute Gasteiger partial charge is 0.257 e. The number of likely N-dealkylation sites (tertiary alicyclic amines) is 1. The van der Waals surface area contributed by atoms with Crippen LogP contribution in [0.3, 0.4) is 0 Å². The van der Waals surface area contributed by atoms with Crippen LogP contribution >= 0.6 is 11.6 Å². The summed E-state index contributed by atoms with van der Waals surface area (Å²) in [5, 5.41) is 9.00. The molecule has 6 heteroatoms. The number of hydrogen-bond donors (Lipinski definition) is 1. The average Bonchev–Trinajstić information content (AvgIpc) is 2.16. The van der Waals surface area contributed by atoms with Gasteiger partial charge in [-0.2, -0.15) is 0 Å². The molecule has 2 heterocycles. The van der Waals surface area contributed by atoms with Crippen LogP contribution < -0.4 is 0 Å². The topological polar surface area (TPSA) is 53.4 Å². The lowest BCUT2D eigenvalue weighted by Gasteiger charge is -2.35. The number of amides is 1. The zero-order chi connectivity index (χ0) is 11.0. The Morgan fingerprint density at radius 3 is 2.93 bits per heavy atom. The second kappa shape index (κ2) is 3.75. The molecule has 2 rings (SSSR count). The first kappa shape index (κ1) is 10.3. The Labute approximate surface area is 90.3 Å². The van der Waals surface area contributed by atoms with Crippen molar-refractivity contribution in [3.63, 3.8) is 0 Å². The third-order valence-electron chi connectivity index (χ3n) is 2.19. The molecule has 4 nitrogen and oxygen atoms in total. The molecule has 1 aliphatic heterocycles. The van der Waals surface area contributed by atoms with Gasteiger partial charge in [-0.05, 0) is 6.07 Å². The molecule has 0 saturated carbocycles. The molecule has 1 amide bonds. The summed E-state index contributed by atoms with van der Waals surface area (Å²) < 4.78 is 12.8. The summed E-state index contributed by atoms with van der Waals surface area (Å²) in [5.41, 5.74) is 0.0311. The summed E-state index contributed by atoms with van der Waals surface area (Å²) in [5.74, 6) is -1.01. The number of carbonyl (C=O) groups is 1. The highest BCUT2D eigenvalue weighted by Gasteiger charge is 2.30. The minimum atomic E-state index is -0.608. The Morgan fingerprint density at radius 1 is 1.67 bits per heavy atom. The number of halogens is 2. The normalized spacial score (nSPS) is 16.3. The largest absolute Gasteiger partial charge is 0.389 e. The predicted molar refractivity (Wildman–Crippen MR) is 51.1 cm³/mol. The summed E-state index contributed by atoms with van der Waals surface area (Å²) in [6.45, 7) is 0.511. The fourth-order valence-corrected chi connectivity index (χ4v) is 1.55. The van der Waals surface area contributed by atoms with Gasteiger partial charge in [0.2, 0.25) is 0 Å². The van der Waals surface area contributed by atoms with Crippen LogP contribution in [0.4, 0.5) is 4.39 Å². The second-order valence-electron chi connectivity index (χ2n) is 3.36. The molecule has 1 aromatic heterocycles.